The number of nitrogens with one attached hydrogen (secondary N) is 2. The van der Waals surface area contributed by atoms with Crippen LogP contribution in [-0.2, 0) is 11.3 Å². The highest BCUT2D eigenvalue weighted by Crippen LogP contribution is 2.28. The fraction of sp³-hybridized carbons (Fsp3) is 0.273. The number of carbonyl (C=O) groups excluding carboxylic acids is 1. The van der Waals surface area contributed by atoms with E-state index in [0.717, 1.165) is 60.7 Å². The lowest BCUT2D eigenvalue weighted by Crippen LogP contribution is -2.35. The number of H-pyrrole nitrogens is 1. The van der Waals surface area contributed by atoms with Gasteiger partial charge in [-0.25, -0.2) is 4.98 Å². The van der Waals surface area contributed by atoms with Gasteiger partial charge >= 0.3 is 0 Å². The van der Waals surface area contributed by atoms with Crippen LogP contribution in [0.4, 0.5) is 5.69 Å². The van der Waals surface area contributed by atoms with Crippen LogP contribution in [0.2, 0.25) is 5.02 Å². The molecule has 1 saturated heterocycles. The van der Waals surface area contributed by atoms with E-state index in [4.69, 9.17) is 20.8 Å². The van der Waals surface area contributed by atoms with Crippen LogP contribution in [0, 0.1) is 6.92 Å². The van der Waals surface area contributed by atoms with Gasteiger partial charge in [0.1, 0.15) is 11.4 Å². The van der Waals surface area contributed by atoms with Crippen LogP contribution in [-0.4, -0.2) is 47.1 Å². The van der Waals surface area contributed by atoms with Crippen molar-refractivity contribution in [3.63, 3.8) is 0 Å². The van der Waals surface area contributed by atoms with E-state index in [0.29, 0.717) is 16.3 Å². The number of fused-ring (bicyclic) bond motifs is 2. The average molecular weight is 425 g/mol. The molecule has 0 spiro atoms. The molecular formula is C22H21ClN4O3. The molecule has 2 aromatic carbocycles. The van der Waals surface area contributed by atoms with Gasteiger partial charge in [-0.1, -0.05) is 11.6 Å². The Morgan fingerprint density at radius 3 is 2.90 bits per heavy atom. The molecule has 4 aromatic rings. The Balaban J connectivity index is 1.36. The van der Waals surface area contributed by atoms with Gasteiger partial charge in [0.25, 0.3) is 5.91 Å². The van der Waals surface area contributed by atoms with Gasteiger partial charge in [0.05, 0.1) is 30.8 Å². The van der Waals surface area contributed by atoms with Crippen molar-refractivity contribution < 1.29 is 13.9 Å². The summed E-state index contributed by atoms with van der Waals surface area (Å²) < 4.78 is 11.1. The molecule has 7 nitrogen and oxygen atoms in total. The van der Waals surface area contributed by atoms with Crippen molar-refractivity contribution in [1.82, 2.24) is 14.9 Å². The minimum Gasteiger partial charge on any atom is -0.451 e. The van der Waals surface area contributed by atoms with Gasteiger partial charge < -0.3 is 19.5 Å². The fourth-order valence-electron chi connectivity index (χ4n) is 3.78. The molecule has 0 radical (unpaired) electrons. The highest BCUT2D eigenvalue weighted by Gasteiger charge is 2.19. The summed E-state index contributed by atoms with van der Waals surface area (Å²) in [6.45, 7) is 5.92. The minimum atomic E-state index is -0.299. The molecule has 5 rings (SSSR count). The van der Waals surface area contributed by atoms with Crippen LogP contribution < -0.4 is 5.32 Å². The van der Waals surface area contributed by atoms with Crippen molar-refractivity contribution in [3.05, 3.63) is 58.6 Å². The SMILES string of the molecule is Cc1c(C(=O)Nc2ccc3nc(CN4CCOCC4)[nH]c3c2)oc2ccc(Cl)cc12. The second-order valence-electron chi connectivity index (χ2n) is 7.45. The Morgan fingerprint density at radius 2 is 2.07 bits per heavy atom. The third-order valence-corrected chi connectivity index (χ3v) is 5.61. The number of hydrogen-bond acceptors (Lipinski definition) is 5. The molecule has 0 bridgehead atoms. The van der Waals surface area contributed by atoms with Gasteiger partial charge in [0.2, 0.25) is 0 Å². The number of aryl methyl sites for hydroxylation is 1. The third-order valence-electron chi connectivity index (χ3n) is 5.37. The van der Waals surface area contributed by atoms with Crippen LogP contribution in [0.25, 0.3) is 22.0 Å². The minimum absolute atomic E-state index is 0.282. The molecule has 1 fully saturated rings. The van der Waals surface area contributed by atoms with Gasteiger partial charge in [-0.3, -0.25) is 9.69 Å². The molecule has 2 aromatic heterocycles. The number of amides is 1. The molecule has 0 aliphatic carbocycles. The van der Waals surface area contributed by atoms with Crippen LogP contribution in [0.5, 0.6) is 0 Å². The molecule has 1 aliphatic rings. The van der Waals surface area contributed by atoms with E-state index in [9.17, 15) is 4.79 Å². The van der Waals surface area contributed by atoms with E-state index >= 15 is 0 Å². The number of carbonyl (C=O) groups is 1. The van der Waals surface area contributed by atoms with E-state index in [1.165, 1.54) is 0 Å². The van der Waals surface area contributed by atoms with Crippen molar-refractivity contribution in [2.75, 3.05) is 31.6 Å². The van der Waals surface area contributed by atoms with Crippen molar-refractivity contribution in [2.45, 2.75) is 13.5 Å². The summed E-state index contributed by atoms with van der Waals surface area (Å²) in [7, 11) is 0. The Labute approximate surface area is 178 Å². The Hall–Kier alpha value is -2.87. The third kappa shape index (κ3) is 3.67. The number of morpholine rings is 1. The van der Waals surface area contributed by atoms with Crippen LogP contribution >= 0.6 is 11.6 Å². The summed E-state index contributed by atoms with van der Waals surface area (Å²) in [6.07, 6.45) is 0. The zero-order chi connectivity index (χ0) is 20.7. The van der Waals surface area contributed by atoms with Gasteiger partial charge in [0, 0.05) is 34.7 Å². The first-order valence-corrected chi connectivity index (χ1v) is 10.2. The second-order valence-corrected chi connectivity index (χ2v) is 7.89. The number of anilines is 1. The summed E-state index contributed by atoms with van der Waals surface area (Å²) in [5.74, 6) is 0.887. The van der Waals surface area contributed by atoms with Crippen molar-refractivity contribution in [1.29, 1.82) is 0 Å². The van der Waals surface area contributed by atoms with Gasteiger partial charge in [0.15, 0.2) is 5.76 Å². The van der Waals surface area contributed by atoms with Crippen LogP contribution in [0.15, 0.2) is 40.8 Å². The fourth-order valence-corrected chi connectivity index (χ4v) is 3.96. The number of aromatic amines is 1. The lowest BCUT2D eigenvalue weighted by Gasteiger charge is -2.25. The zero-order valence-electron chi connectivity index (χ0n) is 16.5. The van der Waals surface area contributed by atoms with E-state index in [-0.39, 0.29) is 11.7 Å². The summed E-state index contributed by atoms with van der Waals surface area (Å²) in [4.78, 5) is 23.1. The van der Waals surface area contributed by atoms with Crippen molar-refractivity contribution in [2.24, 2.45) is 0 Å². The molecule has 1 amide bonds. The molecule has 0 atom stereocenters. The van der Waals surface area contributed by atoms with Gasteiger partial charge in [-0.05, 0) is 43.3 Å². The maximum Gasteiger partial charge on any atom is 0.291 e. The van der Waals surface area contributed by atoms with Crippen LogP contribution in [0.3, 0.4) is 0 Å². The highest BCUT2D eigenvalue weighted by atomic mass is 35.5. The summed E-state index contributed by atoms with van der Waals surface area (Å²) in [5.41, 5.74) is 3.82. The number of ether oxygens (including phenoxy) is 1. The molecule has 30 heavy (non-hydrogen) atoms. The number of hydrogen-bond donors (Lipinski definition) is 2. The first-order chi connectivity index (χ1) is 14.6. The lowest BCUT2D eigenvalue weighted by atomic mass is 10.1. The molecular weight excluding hydrogens is 404 g/mol. The molecule has 154 valence electrons. The van der Waals surface area contributed by atoms with Crippen molar-refractivity contribution >= 4 is 45.2 Å². The number of rotatable bonds is 4. The predicted octanol–water partition coefficient (Wildman–Crippen LogP) is 4.36. The highest BCUT2D eigenvalue weighted by molar-refractivity contribution is 6.31. The van der Waals surface area contributed by atoms with E-state index in [1.54, 1.807) is 18.2 Å². The molecule has 2 N–H and O–H groups in total. The monoisotopic (exact) mass is 424 g/mol. The standard InChI is InChI=1S/C22H21ClN4O3/c1-13-16-10-14(23)2-5-19(16)30-21(13)22(28)24-15-3-4-17-18(11-15)26-20(25-17)12-27-6-8-29-9-7-27/h2-5,10-11H,6-9,12H2,1H3,(H,24,28)(H,25,26). The van der Waals surface area contributed by atoms with E-state index in [1.807, 2.05) is 25.1 Å². The number of halogens is 1. The Bertz CT molecular complexity index is 1240. The largest absolute Gasteiger partial charge is 0.451 e. The topological polar surface area (TPSA) is 83.4 Å². The second kappa shape index (κ2) is 7.75. The number of furan rings is 1. The molecule has 1 aliphatic heterocycles. The van der Waals surface area contributed by atoms with Crippen LogP contribution in [0.1, 0.15) is 21.9 Å². The van der Waals surface area contributed by atoms with Gasteiger partial charge in [-0.15, -0.1) is 0 Å². The zero-order valence-corrected chi connectivity index (χ0v) is 17.3. The molecule has 3 heterocycles. The summed E-state index contributed by atoms with van der Waals surface area (Å²) in [6, 6.07) is 10.9. The number of imidazole rings is 1. The Kier molecular flexibility index (Phi) is 4.94. The normalized spacial score (nSPS) is 15.1. The molecule has 0 saturated carbocycles. The smallest absolute Gasteiger partial charge is 0.291 e. The maximum absolute atomic E-state index is 12.8. The summed E-state index contributed by atoms with van der Waals surface area (Å²) in [5, 5.41) is 4.36. The quantitative estimate of drug-likeness (QED) is 0.508. The first kappa shape index (κ1) is 19.1. The average Bonchev–Trinajstić information content (AvgIpc) is 3.29. The maximum atomic E-state index is 12.8. The Morgan fingerprint density at radius 1 is 1.23 bits per heavy atom. The van der Waals surface area contributed by atoms with Crippen molar-refractivity contribution in [3.8, 4) is 0 Å². The van der Waals surface area contributed by atoms with E-state index in [2.05, 4.69) is 20.2 Å². The number of nitrogens with zero attached hydrogens (tertiary/aromatic N) is 2. The predicted molar refractivity (Wildman–Crippen MR) is 116 cm³/mol. The lowest BCUT2D eigenvalue weighted by molar-refractivity contribution is 0.0332. The van der Waals surface area contributed by atoms with Gasteiger partial charge in [-0.2, -0.15) is 0 Å². The number of aromatic nitrogens is 2. The molecule has 8 heteroatoms. The number of benzene rings is 2. The van der Waals surface area contributed by atoms with E-state index < -0.39 is 0 Å². The first-order valence-electron chi connectivity index (χ1n) is 9.85. The molecule has 0 unspecified atom stereocenters. The summed E-state index contributed by atoms with van der Waals surface area (Å²) >= 11 is 6.07.